The van der Waals surface area contributed by atoms with Crippen LogP contribution < -0.4 is 0 Å². The van der Waals surface area contributed by atoms with Crippen LogP contribution in [0.4, 0.5) is 0 Å². The molecule has 2 radical (unpaired) electrons. The molecule has 5 heteroatoms. The van der Waals surface area contributed by atoms with Gasteiger partial charge in [0.25, 0.3) is 0 Å². The van der Waals surface area contributed by atoms with Crippen LogP contribution in [0.15, 0.2) is 0 Å². The summed E-state index contributed by atoms with van der Waals surface area (Å²) in [5, 5.41) is 9.55. The van der Waals surface area contributed by atoms with Crippen molar-refractivity contribution in [1.29, 1.82) is 0 Å². The molecular formula is C7H9BO4. The maximum absolute atomic E-state index is 11.2. The van der Waals surface area contributed by atoms with Crippen LogP contribution in [0.1, 0.15) is 6.92 Å². The average Bonchev–Trinajstić information content (AvgIpc) is 2.41. The van der Waals surface area contributed by atoms with Crippen molar-refractivity contribution in [3.05, 3.63) is 0 Å². The SMILES string of the molecule is [B][C@@H]1O[C@@H]2COC(=O)[C@]2(C)[C@H]1O. The lowest BCUT2D eigenvalue weighted by atomic mass is 9.77. The molecule has 1 N–H and O–H groups in total. The van der Waals surface area contributed by atoms with E-state index >= 15 is 0 Å². The standard InChI is InChI=1S/C7H9BO4/c1-7-3(2-11-6(7)10)12-5(8)4(7)9/h3-5,9H,2H2,1H3/t3-,4+,5-,7+/m1/s1. The third-order valence-corrected chi connectivity index (χ3v) is 2.72. The van der Waals surface area contributed by atoms with Gasteiger partial charge in [-0.3, -0.25) is 4.79 Å². The predicted octanol–water partition coefficient (Wildman–Crippen LogP) is -1.20. The molecule has 0 aromatic heterocycles. The van der Waals surface area contributed by atoms with Gasteiger partial charge in [0.1, 0.15) is 26.0 Å². The molecule has 4 nitrogen and oxygen atoms in total. The zero-order chi connectivity index (χ0) is 8.93. The summed E-state index contributed by atoms with van der Waals surface area (Å²) in [7, 11) is 5.44. The maximum atomic E-state index is 11.2. The van der Waals surface area contributed by atoms with Crippen LogP contribution in [0, 0.1) is 5.41 Å². The summed E-state index contributed by atoms with van der Waals surface area (Å²) >= 11 is 0. The van der Waals surface area contributed by atoms with E-state index in [1.165, 1.54) is 0 Å². The molecule has 0 unspecified atom stereocenters. The van der Waals surface area contributed by atoms with Gasteiger partial charge in [0, 0.05) is 6.00 Å². The van der Waals surface area contributed by atoms with Gasteiger partial charge in [-0.1, -0.05) is 0 Å². The largest absolute Gasteiger partial charge is 0.462 e. The van der Waals surface area contributed by atoms with Gasteiger partial charge in [-0.25, -0.2) is 0 Å². The number of esters is 1. The zero-order valence-electron chi connectivity index (χ0n) is 6.69. The summed E-state index contributed by atoms with van der Waals surface area (Å²) in [4.78, 5) is 11.2. The Labute approximate surface area is 71.3 Å². The average molecular weight is 168 g/mol. The fourth-order valence-electron chi connectivity index (χ4n) is 1.71. The summed E-state index contributed by atoms with van der Waals surface area (Å²) in [5.41, 5.74) is -0.959. The Morgan fingerprint density at radius 2 is 2.42 bits per heavy atom. The monoisotopic (exact) mass is 168 g/mol. The van der Waals surface area contributed by atoms with Gasteiger partial charge < -0.3 is 14.6 Å². The van der Waals surface area contributed by atoms with Gasteiger partial charge in [0.2, 0.25) is 0 Å². The zero-order valence-corrected chi connectivity index (χ0v) is 6.69. The third-order valence-electron chi connectivity index (χ3n) is 2.72. The molecule has 0 aliphatic carbocycles. The smallest absolute Gasteiger partial charge is 0.317 e. The van der Waals surface area contributed by atoms with E-state index in [-0.39, 0.29) is 6.61 Å². The Hall–Kier alpha value is -0.545. The number of aliphatic hydroxyl groups excluding tert-OH is 1. The van der Waals surface area contributed by atoms with Crippen LogP contribution in [0.2, 0.25) is 0 Å². The van der Waals surface area contributed by atoms with E-state index < -0.39 is 29.6 Å². The second kappa shape index (κ2) is 2.23. The van der Waals surface area contributed by atoms with E-state index in [1.54, 1.807) is 6.92 Å². The Kier molecular flexibility index (Phi) is 1.50. The molecule has 0 aromatic rings. The molecule has 64 valence electrons. The molecule has 2 fully saturated rings. The van der Waals surface area contributed by atoms with Gasteiger partial charge in [-0.05, 0) is 6.92 Å². The van der Waals surface area contributed by atoms with Gasteiger partial charge in [0.05, 0.1) is 6.10 Å². The van der Waals surface area contributed by atoms with Crippen molar-refractivity contribution in [2.75, 3.05) is 6.61 Å². The minimum absolute atomic E-state index is 0.195. The van der Waals surface area contributed by atoms with Crippen molar-refractivity contribution in [2.24, 2.45) is 5.41 Å². The molecule has 2 saturated heterocycles. The molecule has 0 spiro atoms. The first-order valence-corrected chi connectivity index (χ1v) is 3.83. The van der Waals surface area contributed by atoms with Crippen molar-refractivity contribution in [3.8, 4) is 0 Å². The van der Waals surface area contributed by atoms with Crippen LogP contribution in [0.25, 0.3) is 0 Å². The minimum atomic E-state index is -0.961. The van der Waals surface area contributed by atoms with Crippen molar-refractivity contribution in [2.45, 2.75) is 25.1 Å². The predicted molar refractivity (Wildman–Crippen MR) is 39.5 cm³/mol. The third kappa shape index (κ3) is 0.729. The van der Waals surface area contributed by atoms with Crippen LogP contribution in [-0.4, -0.2) is 43.7 Å². The number of carbonyl (C=O) groups is 1. The van der Waals surface area contributed by atoms with Gasteiger partial charge in [0.15, 0.2) is 0 Å². The Morgan fingerprint density at radius 1 is 1.75 bits per heavy atom. The number of carbonyl (C=O) groups excluding carboxylic acids is 1. The highest BCUT2D eigenvalue weighted by molar-refractivity contribution is 6.12. The highest BCUT2D eigenvalue weighted by Gasteiger charge is 2.61. The summed E-state index contributed by atoms with van der Waals surface area (Å²) < 4.78 is 9.91. The maximum Gasteiger partial charge on any atom is 0.317 e. The fourth-order valence-corrected chi connectivity index (χ4v) is 1.71. The number of hydrogen-bond acceptors (Lipinski definition) is 4. The molecule has 0 amide bonds. The van der Waals surface area contributed by atoms with Gasteiger partial charge >= 0.3 is 5.97 Å². The number of rotatable bonds is 0. The topological polar surface area (TPSA) is 55.8 Å². The molecule has 0 aromatic carbocycles. The molecule has 2 heterocycles. The second-order valence-corrected chi connectivity index (χ2v) is 3.42. The van der Waals surface area contributed by atoms with E-state index in [0.29, 0.717) is 0 Å². The summed E-state index contributed by atoms with van der Waals surface area (Å²) in [6, 6.07) is -0.771. The van der Waals surface area contributed by atoms with E-state index in [9.17, 15) is 9.90 Å². The first kappa shape index (κ1) is 8.07. The molecule has 12 heavy (non-hydrogen) atoms. The Balaban J connectivity index is 2.34. The number of aliphatic hydroxyl groups is 1. The number of hydrogen-bond donors (Lipinski definition) is 1. The molecular weight excluding hydrogens is 159 g/mol. The lowest BCUT2D eigenvalue weighted by molar-refractivity contribution is -0.149. The summed E-state index contributed by atoms with van der Waals surface area (Å²) in [5.74, 6) is -0.423. The lowest BCUT2D eigenvalue weighted by Crippen LogP contribution is -2.41. The molecule has 2 aliphatic rings. The molecule has 2 rings (SSSR count). The highest BCUT2D eigenvalue weighted by atomic mass is 16.6. The quantitative estimate of drug-likeness (QED) is 0.364. The lowest BCUT2D eigenvalue weighted by Gasteiger charge is -2.21. The first-order chi connectivity index (χ1) is 5.56. The highest BCUT2D eigenvalue weighted by Crippen LogP contribution is 2.42. The van der Waals surface area contributed by atoms with E-state index in [4.69, 9.17) is 17.3 Å². The number of cyclic esters (lactones) is 1. The van der Waals surface area contributed by atoms with Gasteiger partial charge in [-0.15, -0.1) is 0 Å². The summed E-state index contributed by atoms with van der Waals surface area (Å²) in [6.07, 6.45) is -1.35. The van der Waals surface area contributed by atoms with E-state index in [0.717, 1.165) is 0 Å². The van der Waals surface area contributed by atoms with Crippen LogP contribution in [0.3, 0.4) is 0 Å². The first-order valence-electron chi connectivity index (χ1n) is 3.83. The molecule has 0 bridgehead atoms. The van der Waals surface area contributed by atoms with Gasteiger partial charge in [-0.2, -0.15) is 0 Å². The molecule has 4 atom stereocenters. The van der Waals surface area contributed by atoms with Crippen molar-refractivity contribution in [1.82, 2.24) is 0 Å². The minimum Gasteiger partial charge on any atom is -0.462 e. The van der Waals surface area contributed by atoms with Crippen molar-refractivity contribution < 1.29 is 19.4 Å². The molecule has 2 aliphatic heterocycles. The second-order valence-electron chi connectivity index (χ2n) is 3.42. The fraction of sp³-hybridized carbons (Fsp3) is 0.857. The summed E-state index contributed by atoms with van der Waals surface area (Å²) in [6.45, 7) is 1.81. The van der Waals surface area contributed by atoms with Crippen molar-refractivity contribution in [3.63, 3.8) is 0 Å². The van der Waals surface area contributed by atoms with Crippen LogP contribution >= 0.6 is 0 Å². The van der Waals surface area contributed by atoms with E-state index in [2.05, 4.69) is 0 Å². The van der Waals surface area contributed by atoms with Crippen LogP contribution in [0.5, 0.6) is 0 Å². The van der Waals surface area contributed by atoms with Crippen LogP contribution in [-0.2, 0) is 14.3 Å². The normalized spacial score (nSPS) is 52.2. The van der Waals surface area contributed by atoms with Crippen molar-refractivity contribution >= 4 is 13.8 Å². The molecule has 0 saturated carbocycles. The number of fused-ring (bicyclic) bond motifs is 1. The number of ether oxygens (including phenoxy) is 2. The Bertz CT molecular complexity index is 227. The Morgan fingerprint density at radius 3 is 3.00 bits per heavy atom. The van der Waals surface area contributed by atoms with E-state index in [1.807, 2.05) is 0 Å².